The highest BCUT2D eigenvalue weighted by molar-refractivity contribution is 5.76. The smallest absolute Gasteiger partial charge is 0.248 e. The summed E-state index contributed by atoms with van der Waals surface area (Å²) in [6, 6.07) is 0. The fourth-order valence-electron chi connectivity index (χ4n) is 0.381. The average molecular weight is 131 g/mol. The maximum atomic E-state index is 10.4. The first-order valence-corrected chi connectivity index (χ1v) is 2.86. The van der Waals surface area contributed by atoms with Crippen LogP contribution in [0.3, 0.4) is 0 Å². The molecule has 0 saturated heterocycles. The summed E-state index contributed by atoms with van der Waals surface area (Å²) >= 11 is 0. The fourth-order valence-corrected chi connectivity index (χ4v) is 0.381. The van der Waals surface area contributed by atoms with Crippen molar-refractivity contribution in [2.24, 2.45) is 0 Å². The first-order chi connectivity index (χ1) is 4.31. The van der Waals surface area contributed by atoms with E-state index in [4.69, 9.17) is 5.90 Å². The lowest BCUT2D eigenvalue weighted by atomic mass is 10.5. The third-order valence-electron chi connectivity index (χ3n) is 0.775. The van der Waals surface area contributed by atoms with Crippen molar-refractivity contribution in [1.82, 2.24) is 11.2 Å². The first-order valence-electron chi connectivity index (χ1n) is 2.86. The molecule has 0 aromatic rings. The van der Waals surface area contributed by atoms with Crippen molar-refractivity contribution in [2.75, 3.05) is 13.2 Å². The lowest BCUT2D eigenvalue weighted by Gasteiger charge is -1.98. The van der Waals surface area contributed by atoms with Gasteiger partial charge < -0.3 is 5.32 Å². The molecular formula is C5H11N2O2. The van der Waals surface area contributed by atoms with Crippen molar-refractivity contribution in [2.45, 2.75) is 13.3 Å². The number of hydrogen-bond acceptors (Lipinski definition) is 2. The Morgan fingerprint density at radius 3 is 2.89 bits per heavy atom. The second-order valence-electron chi connectivity index (χ2n) is 1.64. The normalized spacial score (nSPS) is 9.11. The quantitative estimate of drug-likeness (QED) is 0.534. The number of carbonyl (C=O) groups excluding carboxylic acids is 1. The summed E-state index contributed by atoms with van der Waals surface area (Å²) in [6.07, 6.45) is 0.906. The molecule has 0 unspecified atom stereocenters. The Balaban J connectivity index is 3.06. The molecule has 2 N–H and O–H groups in total. The molecule has 0 bridgehead atoms. The van der Waals surface area contributed by atoms with Gasteiger partial charge in [0.1, 0.15) is 6.61 Å². The van der Waals surface area contributed by atoms with E-state index in [1.54, 1.807) is 0 Å². The molecule has 1 radical (unpaired) electrons. The Morgan fingerprint density at radius 1 is 1.78 bits per heavy atom. The van der Waals surface area contributed by atoms with Crippen LogP contribution >= 0.6 is 0 Å². The molecule has 53 valence electrons. The van der Waals surface area contributed by atoms with Crippen LogP contribution in [0.2, 0.25) is 0 Å². The van der Waals surface area contributed by atoms with Gasteiger partial charge in [-0.3, -0.25) is 9.63 Å². The summed E-state index contributed by atoms with van der Waals surface area (Å²) in [7, 11) is 0. The van der Waals surface area contributed by atoms with E-state index in [2.05, 4.69) is 10.2 Å². The SMILES string of the molecule is CCCNC(=O)CO[NH]. The van der Waals surface area contributed by atoms with Gasteiger partial charge in [0.25, 0.3) is 0 Å². The minimum atomic E-state index is -0.230. The van der Waals surface area contributed by atoms with Gasteiger partial charge in [-0.2, -0.15) is 0 Å². The standard InChI is InChI=1S/C5H11N2O2/c1-2-3-7-5(8)4-9-6/h6H,2-4H2,1H3,(H,7,8). The molecule has 9 heavy (non-hydrogen) atoms. The van der Waals surface area contributed by atoms with Crippen molar-refractivity contribution < 1.29 is 9.63 Å². The van der Waals surface area contributed by atoms with E-state index >= 15 is 0 Å². The summed E-state index contributed by atoms with van der Waals surface area (Å²) in [6.45, 7) is 2.45. The van der Waals surface area contributed by atoms with Crippen LogP contribution in [0.15, 0.2) is 0 Å². The van der Waals surface area contributed by atoms with Gasteiger partial charge >= 0.3 is 0 Å². The van der Waals surface area contributed by atoms with Crippen molar-refractivity contribution in [3.63, 3.8) is 0 Å². The highest BCUT2D eigenvalue weighted by atomic mass is 16.6. The molecule has 0 heterocycles. The largest absolute Gasteiger partial charge is 0.354 e. The van der Waals surface area contributed by atoms with Crippen LogP contribution in [-0.4, -0.2) is 19.1 Å². The maximum absolute atomic E-state index is 10.4. The molecule has 0 rings (SSSR count). The van der Waals surface area contributed by atoms with E-state index in [0.717, 1.165) is 6.42 Å². The molecule has 0 spiro atoms. The molecule has 0 atom stereocenters. The van der Waals surface area contributed by atoms with Crippen LogP contribution in [0.25, 0.3) is 0 Å². The predicted molar refractivity (Wildman–Crippen MR) is 32.3 cm³/mol. The number of nitrogens with one attached hydrogen (secondary N) is 2. The highest BCUT2D eigenvalue weighted by Crippen LogP contribution is 1.71. The zero-order chi connectivity index (χ0) is 7.11. The maximum Gasteiger partial charge on any atom is 0.248 e. The van der Waals surface area contributed by atoms with Crippen molar-refractivity contribution in [3.05, 3.63) is 0 Å². The van der Waals surface area contributed by atoms with Crippen molar-refractivity contribution in [3.8, 4) is 0 Å². The summed E-state index contributed by atoms with van der Waals surface area (Å²) in [5.74, 6) is 5.98. The molecule has 4 heteroatoms. The second kappa shape index (κ2) is 5.53. The van der Waals surface area contributed by atoms with Gasteiger partial charge in [0, 0.05) is 6.54 Å². The van der Waals surface area contributed by atoms with Gasteiger partial charge in [-0.25, -0.2) is 0 Å². The van der Waals surface area contributed by atoms with E-state index in [1.165, 1.54) is 0 Å². The molecular weight excluding hydrogens is 120 g/mol. The minimum Gasteiger partial charge on any atom is -0.354 e. The van der Waals surface area contributed by atoms with Gasteiger partial charge in [-0.15, -0.1) is 5.90 Å². The minimum absolute atomic E-state index is 0.167. The number of amides is 1. The Kier molecular flexibility index (Phi) is 5.15. The lowest BCUT2D eigenvalue weighted by Crippen LogP contribution is -2.27. The molecule has 0 aliphatic heterocycles. The Morgan fingerprint density at radius 2 is 2.44 bits per heavy atom. The molecule has 0 aliphatic carbocycles. The number of carbonyl (C=O) groups is 1. The van der Waals surface area contributed by atoms with Crippen LogP contribution in [0.4, 0.5) is 0 Å². The zero-order valence-electron chi connectivity index (χ0n) is 5.44. The van der Waals surface area contributed by atoms with E-state index < -0.39 is 0 Å². The molecule has 0 aliphatic rings. The summed E-state index contributed by atoms with van der Waals surface area (Å²) < 4.78 is 0. The van der Waals surface area contributed by atoms with Crippen LogP contribution in [0.1, 0.15) is 13.3 Å². The summed E-state index contributed by atoms with van der Waals surface area (Å²) in [5.41, 5.74) is 0. The fraction of sp³-hybridized carbons (Fsp3) is 0.800. The number of hydrogen-bond donors (Lipinski definition) is 1. The molecule has 0 saturated carbocycles. The van der Waals surface area contributed by atoms with Crippen LogP contribution < -0.4 is 11.2 Å². The van der Waals surface area contributed by atoms with Crippen LogP contribution in [0.5, 0.6) is 0 Å². The third kappa shape index (κ3) is 5.26. The van der Waals surface area contributed by atoms with Gasteiger partial charge in [-0.1, -0.05) is 6.92 Å². The topological polar surface area (TPSA) is 62.1 Å². The summed E-state index contributed by atoms with van der Waals surface area (Å²) in [5, 5.41) is 2.55. The van der Waals surface area contributed by atoms with Gasteiger partial charge in [0.2, 0.25) is 5.91 Å². The first kappa shape index (κ1) is 8.39. The van der Waals surface area contributed by atoms with Crippen LogP contribution in [-0.2, 0) is 9.63 Å². The Bertz CT molecular complexity index is 85.0. The molecule has 0 fully saturated rings. The highest BCUT2D eigenvalue weighted by Gasteiger charge is 1.95. The van der Waals surface area contributed by atoms with E-state index in [1.807, 2.05) is 6.92 Å². The molecule has 0 aromatic carbocycles. The van der Waals surface area contributed by atoms with Gasteiger partial charge in [0.05, 0.1) is 0 Å². The second-order valence-corrected chi connectivity index (χ2v) is 1.64. The third-order valence-corrected chi connectivity index (χ3v) is 0.775. The van der Waals surface area contributed by atoms with E-state index in [-0.39, 0.29) is 12.5 Å². The van der Waals surface area contributed by atoms with Crippen molar-refractivity contribution >= 4 is 5.91 Å². The van der Waals surface area contributed by atoms with Crippen molar-refractivity contribution in [1.29, 1.82) is 0 Å². The van der Waals surface area contributed by atoms with Crippen LogP contribution in [0, 0.1) is 0 Å². The van der Waals surface area contributed by atoms with E-state index in [0.29, 0.717) is 6.54 Å². The monoisotopic (exact) mass is 131 g/mol. The Labute approximate surface area is 54.3 Å². The predicted octanol–water partition coefficient (Wildman–Crippen LogP) is -0.273. The Hall–Kier alpha value is -0.610. The lowest BCUT2D eigenvalue weighted by molar-refractivity contribution is -0.126. The molecule has 0 aromatic heterocycles. The molecule has 1 amide bonds. The number of rotatable bonds is 4. The zero-order valence-corrected chi connectivity index (χ0v) is 5.44. The van der Waals surface area contributed by atoms with Gasteiger partial charge in [0.15, 0.2) is 0 Å². The van der Waals surface area contributed by atoms with Gasteiger partial charge in [-0.05, 0) is 6.42 Å². The summed E-state index contributed by atoms with van der Waals surface area (Å²) in [4.78, 5) is 14.3. The average Bonchev–Trinajstić information content (AvgIpc) is 1.85. The van der Waals surface area contributed by atoms with E-state index in [9.17, 15) is 4.79 Å². The molecule has 4 nitrogen and oxygen atoms in total.